The van der Waals surface area contributed by atoms with Crippen LogP contribution in [0.3, 0.4) is 0 Å². The van der Waals surface area contributed by atoms with E-state index in [2.05, 4.69) is 81.2 Å². The van der Waals surface area contributed by atoms with Crippen LogP contribution in [-0.2, 0) is 21.4 Å². The fourth-order valence-electron chi connectivity index (χ4n) is 4.49. The number of benzene rings is 2. The zero-order valence-corrected chi connectivity index (χ0v) is 19.1. The van der Waals surface area contributed by atoms with Crippen molar-refractivity contribution in [1.29, 1.82) is 0 Å². The summed E-state index contributed by atoms with van der Waals surface area (Å²) in [6, 6.07) is 13.5. The van der Waals surface area contributed by atoms with Crippen molar-refractivity contribution >= 4 is 17.3 Å². The first-order chi connectivity index (χ1) is 14.1. The van der Waals surface area contributed by atoms with Gasteiger partial charge in [0.05, 0.1) is 13.0 Å². The number of esters is 1. The topological polar surface area (TPSA) is 41.6 Å². The molecule has 0 aromatic heterocycles. The number of carbonyl (C=O) groups excluding carboxylic acids is 1. The number of methoxy groups -OCH3 is 1. The lowest BCUT2D eigenvalue weighted by atomic mass is 9.77. The Morgan fingerprint density at radius 2 is 1.90 bits per heavy atom. The Labute approximate surface area is 180 Å². The van der Waals surface area contributed by atoms with Crippen molar-refractivity contribution in [2.75, 3.05) is 37.0 Å². The zero-order chi connectivity index (χ0) is 21.7. The maximum atomic E-state index is 11.7. The van der Waals surface area contributed by atoms with Crippen molar-refractivity contribution in [3.63, 3.8) is 0 Å². The van der Waals surface area contributed by atoms with E-state index in [1.807, 2.05) is 0 Å². The Morgan fingerprint density at radius 3 is 2.57 bits per heavy atom. The predicted molar refractivity (Wildman–Crippen MR) is 124 cm³/mol. The van der Waals surface area contributed by atoms with Gasteiger partial charge in [-0.25, -0.2) is 0 Å². The van der Waals surface area contributed by atoms with Crippen molar-refractivity contribution in [1.82, 2.24) is 0 Å². The van der Waals surface area contributed by atoms with Crippen molar-refractivity contribution < 1.29 is 9.53 Å². The average molecular weight is 407 g/mol. The summed E-state index contributed by atoms with van der Waals surface area (Å²) in [6.07, 6.45) is 1.08. The molecule has 0 spiro atoms. The molecular formula is C26H34N2O2. The van der Waals surface area contributed by atoms with E-state index in [-0.39, 0.29) is 22.7 Å². The van der Waals surface area contributed by atoms with Crippen LogP contribution in [0.4, 0.5) is 11.4 Å². The lowest BCUT2D eigenvalue weighted by Crippen LogP contribution is -2.50. The molecule has 2 aromatic carbocycles. The van der Waals surface area contributed by atoms with Gasteiger partial charge in [0, 0.05) is 36.6 Å². The Morgan fingerprint density at radius 1 is 1.17 bits per heavy atom. The third-order valence-corrected chi connectivity index (χ3v) is 6.44. The molecule has 0 amide bonds. The molecule has 0 bridgehead atoms. The number of nitrogens with zero attached hydrogens (tertiary/aromatic N) is 1. The Hall–Kier alpha value is -2.49. The molecule has 2 aliphatic rings. The van der Waals surface area contributed by atoms with Crippen LogP contribution in [0.5, 0.6) is 0 Å². The van der Waals surface area contributed by atoms with E-state index < -0.39 is 0 Å². The molecule has 4 nitrogen and oxygen atoms in total. The molecule has 0 radical (unpaired) electrons. The quantitative estimate of drug-likeness (QED) is 0.707. The van der Waals surface area contributed by atoms with Crippen LogP contribution in [0.1, 0.15) is 45.7 Å². The summed E-state index contributed by atoms with van der Waals surface area (Å²) < 4.78 is 4.88. The molecule has 1 N–H and O–H groups in total. The highest BCUT2D eigenvalue weighted by atomic mass is 16.5. The molecule has 0 aliphatic carbocycles. The molecule has 0 unspecified atom stereocenters. The molecule has 1 fully saturated rings. The first-order valence-electron chi connectivity index (χ1n) is 10.9. The summed E-state index contributed by atoms with van der Waals surface area (Å²) in [5.41, 5.74) is 8.07. The summed E-state index contributed by atoms with van der Waals surface area (Å²) in [7, 11) is 1.46. The van der Waals surface area contributed by atoms with Gasteiger partial charge in [0.15, 0.2) is 0 Å². The van der Waals surface area contributed by atoms with Crippen molar-refractivity contribution in [3.8, 4) is 11.1 Å². The smallest absolute Gasteiger partial charge is 0.312 e. The van der Waals surface area contributed by atoms with Gasteiger partial charge in [0.1, 0.15) is 0 Å². The Bertz CT molecular complexity index is 965. The summed E-state index contributed by atoms with van der Waals surface area (Å²) >= 11 is 0. The number of rotatable bonds is 3. The second kappa shape index (κ2) is 7.33. The zero-order valence-electron chi connectivity index (χ0n) is 19.1. The highest BCUT2D eigenvalue weighted by molar-refractivity contribution is 5.84. The van der Waals surface area contributed by atoms with E-state index in [1.165, 1.54) is 40.7 Å². The number of anilines is 2. The first kappa shape index (κ1) is 20.8. The van der Waals surface area contributed by atoms with E-state index in [9.17, 15) is 4.79 Å². The largest absolute Gasteiger partial charge is 0.469 e. The van der Waals surface area contributed by atoms with Gasteiger partial charge in [-0.1, -0.05) is 52.8 Å². The fraction of sp³-hybridized carbons (Fsp3) is 0.500. The van der Waals surface area contributed by atoms with E-state index in [1.54, 1.807) is 0 Å². The minimum Gasteiger partial charge on any atom is -0.469 e. The molecule has 0 atom stereocenters. The molecule has 160 valence electrons. The number of hydrogen-bond donors (Lipinski definition) is 1. The molecule has 2 aromatic rings. The second-order valence-electron chi connectivity index (χ2n) is 10.7. The molecule has 4 heteroatoms. The second-order valence-corrected chi connectivity index (χ2v) is 10.7. The van der Waals surface area contributed by atoms with Crippen molar-refractivity contribution in [3.05, 3.63) is 47.5 Å². The highest BCUT2D eigenvalue weighted by Gasteiger charge is 2.34. The van der Waals surface area contributed by atoms with Gasteiger partial charge < -0.3 is 15.0 Å². The average Bonchev–Trinajstić information content (AvgIpc) is 2.64. The van der Waals surface area contributed by atoms with Gasteiger partial charge in [0.25, 0.3) is 0 Å². The minimum absolute atomic E-state index is 0.0143. The lowest BCUT2D eigenvalue weighted by Gasteiger charge is -2.39. The first-order valence-corrected chi connectivity index (χ1v) is 10.9. The Kier molecular flexibility index (Phi) is 5.08. The van der Waals surface area contributed by atoms with Gasteiger partial charge in [0.2, 0.25) is 0 Å². The lowest BCUT2D eigenvalue weighted by molar-refractivity contribution is -0.146. The molecule has 4 rings (SSSR count). The molecule has 2 heterocycles. The van der Waals surface area contributed by atoms with Gasteiger partial charge in [-0.15, -0.1) is 0 Å². The third-order valence-electron chi connectivity index (χ3n) is 6.44. The van der Waals surface area contributed by atoms with Crippen molar-refractivity contribution in [2.45, 2.75) is 46.5 Å². The molecule has 30 heavy (non-hydrogen) atoms. The van der Waals surface area contributed by atoms with E-state index >= 15 is 0 Å². The maximum absolute atomic E-state index is 11.7. The van der Waals surface area contributed by atoms with Crippen LogP contribution >= 0.6 is 0 Å². The number of fused-ring (bicyclic) bond motifs is 1. The van der Waals surface area contributed by atoms with E-state index in [0.717, 1.165) is 26.1 Å². The molecule has 0 saturated carbocycles. The van der Waals surface area contributed by atoms with E-state index in [0.29, 0.717) is 0 Å². The maximum Gasteiger partial charge on any atom is 0.312 e. The van der Waals surface area contributed by atoms with Crippen LogP contribution in [0, 0.1) is 11.3 Å². The molecule has 2 aliphatic heterocycles. The Balaban J connectivity index is 1.71. The standard InChI is InChI=1S/C26H34N2O2/c1-25(2,3)20-10-18-13-26(4,5)16-27-23(18)22(12-20)17-8-7-9-21(11-17)28-14-19(15-28)24(29)30-6/h7-12,19,27H,13-16H2,1-6H3. The summed E-state index contributed by atoms with van der Waals surface area (Å²) in [5.74, 6) is -0.124. The monoisotopic (exact) mass is 406 g/mol. The van der Waals surface area contributed by atoms with Gasteiger partial charge >= 0.3 is 5.97 Å². The van der Waals surface area contributed by atoms with Gasteiger partial charge in [-0.05, 0) is 52.1 Å². The van der Waals surface area contributed by atoms with Crippen LogP contribution in [0.25, 0.3) is 11.1 Å². The number of carbonyl (C=O) groups is 1. The van der Waals surface area contributed by atoms with Gasteiger partial charge in [-0.2, -0.15) is 0 Å². The van der Waals surface area contributed by atoms with Crippen LogP contribution in [0.15, 0.2) is 36.4 Å². The molecule has 1 saturated heterocycles. The summed E-state index contributed by atoms with van der Waals surface area (Å²) in [6.45, 7) is 13.9. The molecular weight excluding hydrogens is 372 g/mol. The van der Waals surface area contributed by atoms with E-state index in [4.69, 9.17) is 4.74 Å². The number of ether oxygens (including phenoxy) is 1. The summed E-state index contributed by atoms with van der Waals surface area (Å²) in [5, 5.41) is 3.73. The number of hydrogen-bond acceptors (Lipinski definition) is 4. The van der Waals surface area contributed by atoms with Crippen LogP contribution in [-0.4, -0.2) is 32.7 Å². The normalized spacial score (nSPS) is 18.3. The SMILES string of the molecule is COC(=O)C1CN(c2cccc(-c3cc(C(C)(C)C)cc4c3NCC(C)(C)C4)c2)C1. The predicted octanol–water partition coefficient (Wildman–Crippen LogP) is 5.25. The van der Waals surface area contributed by atoms with Gasteiger partial charge in [-0.3, -0.25) is 4.79 Å². The summed E-state index contributed by atoms with van der Waals surface area (Å²) in [4.78, 5) is 14.0. The van der Waals surface area contributed by atoms with Crippen LogP contribution in [0.2, 0.25) is 0 Å². The highest BCUT2D eigenvalue weighted by Crippen LogP contribution is 2.42. The van der Waals surface area contributed by atoms with Crippen molar-refractivity contribution in [2.24, 2.45) is 11.3 Å². The fourth-order valence-corrected chi connectivity index (χ4v) is 4.49. The van der Waals surface area contributed by atoms with Crippen LogP contribution < -0.4 is 10.2 Å². The minimum atomic E-state index is -0.110. The number of nitrogens with one attached hydrogen (secondary N) is 1. The third kappa shape index (κ3) is 3.92.